The Morgan fingerprint density at radius 3 is 1.38 bits per heavy atom. The van der Waals surface area contributed by atoms with Crippen molar-refractivity contribution in [1.29, 1.82) is 0 Å². The normalized spacial score (nSPS) is 11.9. The minimum atomic E-state index is -1.86. The number of rotatable bonds is 20. The van der Waals surface area contributed by atoms with E-state index in [0.29, 0.717) is 13.2 Å². The average molecular weight is 1330 g/mol. The highest BCUT2D eigenvalue weighted by molar-refractivity contribution is 6.83. The third-order valence-corrected chi connectivity index (χ3v) is 17.0. The summed E-state index contributed by atoms with van der Waals surface area (Å²) in [6.45, 7) is 66.5. The summed E-state index contributed by atoms with van der Waals surface area (Å²) < 4.78 is 24.9. The smallest absolute Gasteiger partial charge is 0.327 e. The molecule has 536 valence electrons. The fraction of sp³-hybridized carbons (Fsp3) is 0.729. The summed E-state index contributed by atoms with van der Waals surface area (Å²) in [5.41, 5.74) is 8.71. The fourth-order valence-corrected chi connectivity index (χ4v) is 14.1. The molecule has 0 N–H and O–H groups in total. The highest BCUT2D eigenvalue weighted by atomic mass is 28.4. The second-order valence-electron chi connectivity index (χ2n) is 23.7. The molecule has 2 aliphatic rings. The number of hydrogen-bond acceptors (Lipinski definition) is 18. The molecule has 0 fully saturated rings. The average Bonchev–Trinajstić information content (AvgIpc) is 2.41. The van der Waals surface area contributed by atoms with Crippen molar-refractivity contribution in [2.24, 2.45) is 44.6 Å². The largest absolute Gasteiger partial charge is 0.465 e. The standard InChI is InChI=1S/C11H15N.C9H24N2OSi2.C7H14N2.2C7H13NO2.C6H12N2.C6H14N2.C6H13NO.C6H13N.C5H11N/c1-4-10-5-7-11(8-6-10)12-9(2)3;1-9(11(2)3)10-14(7,8)12-13(4,5)6;1-3-9-6-4-5-8-7(9)2;2*1-4-10-7(9)5-8-6(2)3;1-3-6-7-4-5-8(6)2;1-5-6(7-2)8(3)4;1-6(2)7-4-5-8-3;1-5-7(4)6(2)3;1-4-6-5(2)3/h5-8H,4H2,1-3H3;1-8H3;3-6H2,1-2H3;2*4-5H2,1-3H3;3-5H2,1-2H3;5H2,1-4H3;4-5H2,1-3H3;2,5H2,1,3-4H3;4H2,1-3H3. The summed E-state index contributed by atoms with van der Waals surface area (Å²) in [4.78, 5) is 64.8. The Kier molecular flexibility index (Phi) is 69.5. The molecule has 0 radical (unpaired) electrons. The number of nitrogens with zero attached hydrogens (tertiary/aromatic N) is 14. The van der Waals surface area contributed by atoms with Crippen molar-refractivity contribution in [1.82, 2.24) is 24.5 Å². The van der Waals surface area contributed by atoms with Gasteiger partial charge in [0.2, 0.25) is 0 Å². The molecule has 0 saturated heterocycles. The first-order valence-electron chi connectivity index (χ1n) is 33.0. The van der Waals surface area contributed by atoms with E-state index in [1.54, 1.807) is 21.0 Å². The number of allylic oxidation sites excluding steroid dienone is 1. The van der Waals surface area contributed by atoms with Gasteiger partial charge in [0.1, 0.15) is 13.1 Å². The molecule has 0 aliphatic carbocycles. The molecule has 0 bridgehead atoms. The van der Waals surface area contributed by atoms with Crippen molar-refractivity contribution in [2.75, 3.05) is 142 Å². The molecule has 0 spiro atoms. The van der Waals surface area contributed by atoms with E-state index in [4.69, 9.17) is 8.85 Å². The minimum absolute atomic E-state index is 0.149. The van der Waals surface area contributed by atoms with Crippen molar-refractivity contribution >= 4 is 86.3 Å². The first-order chi connectivity index (χ1) is 42.7. The number of amidine groups is 4. The van der Waals surface area contributed by atoms with Crippen LogP contribution in [-0.4, -0.2) is 247 Å². The Hall–Kier alpha value is -5.72. The van der Waals surface area contributed by atoms with E-state index in [0.717, 1.165) is 123 Å². The molecule has 0 atom stereocenters. The van der Waals surface area contributed by atoms with Crippen LogP contribution in [0, 0.1) is 0 Å². The van der Waals surface area contributed by atoms with Crippen LogP contribution in [0.25, 0.3) is 0 Å². The van der Waals surface area contributed by atoms with E-state index in [1.165, 1.54) is 30.2 Å². The molecule has 0 unspecified atom stereocenters. The van der Waals surface area contributed by atoms with Crippen LogP contribution >= 0.6 is 0 Å². The Morgan fingerprint density at radius 2 is 1.14 bits per heavy atom. The maximum Gasteiger partial charge on any atom is 0.327 e. The van der Waals surface area contributed by atoms with Crippen LogP contribution in [0.4, 0.5) is 5.69 Å². The number of carbonyl (C=O) groups is 2. The molecule has 1 aromatic rings. The first kappa shape index (κ1) is 99.8. The molecular formula is C70H142N14O6Si2. The van der Waals surface area contributed by atoms with E-state index in [-0.39, 0.29) is 25.0 Å². The van der Waals surface area contributed by atoms with E-state index < -0.39 is 16.8 Å². The third kappa shape index (κ3) is 75.0. The highest BCUT2D eigenvalue weighted by Gasteiger charge is 2.30. The van der Waals surface area contributed by atoms with E-state index in [2.05, 4.69) is 181 Å². The molecular weight excluding hydrogens is 1190 g/mol. The lowest BCUT2D eigenvalue weighted by atomic mass is 10.1. The number of ether oxygens (including phenoxy) is 3. The third-order valence-electron chi connectivity index (χ3n) is 11.7. The van der Waals surface area contributed by atoms with Crippen molar-refractivity contribution in [3.8, 4) is 0 Å². The Balaban J connectivity index is -0.000000176. The Bertz CT molecular complexity index is 2270. The van der Waals surface area contributed by atoms with Crippen LogP contribution in [-0.2, 0) is 34.3 Å². The second kappa shape index (κ2) is 64.0. The zero-order chi connectivity index (χ0) is 73.0. The number of benzene rings is 1. The van der Waals surface area contributed by atoms with E-state index in [1.807, 2.05) is 142 Å². The van der Waals surface area contributed by atoms with Crippen LogP contribution in [0.1, 0.15) is 170 Å². The van der Waals surface area contributed by atoms with Crippen molar-refractivity contribution in [2.45, 2.75) is 204 Å². The zero-order valence-electron chi connectivity index (χ0n) is 65.7. The monoisotopic (exact) mass is 1330 g/mol. The molecule has 92 heavy (non-hydrogen) atoms. The topological polar surface area (TPSA) is 198 Å². The summed E-state index contributed by atoms with van der Waals surface area (Å²) >= 11 is 0. The first-order valence-corrected chi connectivity index (χ1v) is 39.2. The summed E-state index contributed by atoms with van der Waals surface area (Å²) in [6, 6.07) is 8.38. The van der Waals surface area contributed by atoms with Crippen LogP contribution in [0.3, 0.4) is 0 Å². The van der Waals surface area contributed by atoms with Crippen molar-refractivity contribution in [3.05, 3.63) is 42.1 Å². The molecule has 1 aromatic carbocycles. The van der Waals surface area contributed by atoms with Gasteiger partial charge in [0.05, 0.1) is 61.9 Å². The van der Waals surface area contributed by atoms with Gasteiger partial charge in [-0.25, -0.2) is 0 Å². The number of methoxy groups -OCH3 is 1. The van der Waals surface area contributed by atoms with Crippen molar-refractivity contribution < 1.29 is 27.9 Å². The summed E-state index contributed by atoms with van der Waals surface area (Å²) in [7, 11) is 12.3. The van der Waals surface area contributed by atoms with Gasteiger partial charge in [0, 0.05) is 143 Å². The highest BCUT2D eigenvalue weighted by Crippen LogP contribution is 2.16. The van der Waals surface area contributed by atoms with E-state index >= 15 is 0 Å². The maximum absolute atomic E-state index is 10.6. The van der Waals surface area contributed by atoms with Gasteiger partial charge in [-0.3, -0.25) is 54.2 Å². The van der Waals surface area contributed by atoms with Gasteiger partial charge in [0.25, 0.3) is 0 Å². The maximum atomic E-state index is 10.6. The molecule has 0 saturated carbocycles. The number of aryl methyl sites for hydroxylation is 1. The van der Waals surface area contributed by atoms with Crippen LogP contribution in [0.2, 0.25) is 32.7 Å². The SMILES string of the molecule is C=C(C)N(C)CC.CC(=N[Si](C)(C)O[Si](C)(C)C)N(C)C.CCC(=NC)N(C)C.CCC1=NCCN1C.CCN1CCCN=C1C.CCN=C(C)C.CCOC(=O)CN=C(C)C.CCOC(=O)CN=C(C)C.CCc1ccc(N=C(C)C)cc1.COCCN=C(C)C. The number of carbonyl (C=O) groups excluding carboxylic acids is 2. The van der Waals surface area contributed by atoms with Crippen LogP contribution in [0.5, 0.6) is 0 Å². The van der Waals surface area contributed by atoms with Gasteiger partial charge in [-0.2, -0.15) is 0 Å². The molecule has 2 heterocycles. The molecule has 22 heteroatoms. The molecule has 20 nitrogen and oxygen atoms in total. The van der Waals surface area contributed by atoms with Gasteiger partial charge in [-0.05, 0) is 188 Å². The minimum Gasteiger partial charge on any atom is -0.465 e. The Labute approximate surface area is 568 Å². The van der Waals surface area contributed by atoms with Gasteiger partial charge in [-0.15, -0.1) is 0 Å². The van der Waals surface area contributed by atoms with Crippen LogP contribution in [0.15, 0.2) is 81.1 Å². The van der Waals surface area contributed by atoms with Gasteiger partial charge >= 0.3 is 20.4 Å². The number of likely N-dealkylation sites (N-methyl/N-ethyl adjacent to an activating group) is 1. The molecule has 0 amide bonds. The Morgan fingerprint density at radius 1 is 0.652 bits per heavy atom. The molecule has 3 rings (SSSR count). The lowest BCUT2D eigenvalue weighted by molar-refractivity contribution is -0.142. The van der Waals surface area contributed by atoms with Crippen LogP contribution < -0.4 is 0 Å². The zero-order valence-corrected chi connectivity index (χ0v) is 67.7. The molecule has 0 aromatic heterocycles. The summed E-state index contributed by atoms with van der Waals surface area (Å²) in [5, 5.41) is 0. The number of aliphatic imine (C=N–C) groups is 8. The van der Waals surface area contributed by atoms with E-state index in [9.17, 15) is 9.59 Å². The quantitative estimate of drug-likeness (QED) is 0.0396. The predicted octanol–water partition coefficient (Wildman–Crippen LogP) is 14.9. The second-order valence-corrected chi connectivity index (χ2v) is 31.9. The number of hydrogen-bond donors (Lipinski definition) is 0. The van der Waals surface area contributed by atoms with Crippen molar-refractivity contribution in [3.63, 3.8) is 0 Å². The van der Waals surface area contributed by atoms with Gasteiger partial charge < -0.3 is 42.8 Å². The number of esters is 2. The van der Waals surface area contributed by atoms with Gasteiger partial charge in [0.15, 0.2) is 8.32 Å². The fourth-order valence-electron chi connectivity index (χ4n) is 6.92. The molecule has 2 aliphatic heterocycles. The van der Waals surface area contributed by atoms with Gasteiger partial charge in [-0.1, -0.05) is 39.5 Å². The predicted molar refractivity (Wildman–Crippen MR) is 414 cm³/mol. The lowest BCUT2D eigenvalue weighted by Gasteiger charge is -2.29. The lowest BCUT2D eigenvalue weighted by Crippen LogP contribution is -2.42. The summed E-state index contributed by atoms with van der Waals surface area (Å²) in [5.74, 6) is 4.14. The summed E-state index contributed by atoms with van der Waals surface area (Å²) in [6.07, 6.45) is 4.42.